The van der Waals surface area contributed by atoms with Crippen molar-refractivity contribution in [2.45, 2.75) is 11.5 Å². The molecule has 0 aliphatic rings. The van der Waals surface area contributed by atoms with E-state index >= 15 is 0 Å². The number of benzene rings is 2. The first-order chi connectivity index (χ1) is 11.3. The van der Waals surface area contributed by atoms with Gasteiger partial charge in [-0.3, -0.25) is 20.4 Å². The smallest absolute Gasteiger partial charge is 0.269 e. The Morgan fingerprint density at radius 3 is 2.08 bits per heavy atom. The van der Waals surface area contributed by atoms with E-state index in [1.165, 1.54) is 36.4 Å². The average molecular weight is 348 g/mol. The fraction of sp³-hybridized carbons (Fsp3) is 0.125. The second-order valence-corrected chi connectivity index (χ2v) is 7.08. The van der Waals surface area contributed by atoms with Gasteiger partial charge in [0.2, 0.25) is 0 Å². The molecule has 8 heteroatoms. The quantitative estimate of drug-likeness (QED) is 0.703. The van der Waals surface area contributed by atoms with Gasteiger partial charge in [-0.2, -0.15) is 0 Å². The minimum absolute atomic E-state index is 0.0149. The first kappa shape index (κ1) is 17.6. The molecule has 0 heterocycles. The fourth-order valence-corrected chi connectivity index (χ4v) is 2.55. The Kier molecular flexibility index (Phi) is 5.32. The second kappa shape index (κ2) is 7.24. The number of nitrogens with one attached hydrogen (secondary N) is 2. The maximum Gasteiger partial charge on any atom is 0.269 e. The Morgan fingerprint density at radius 1 is 0.958 bits per heavy atom. The van der Waals surface area contributed by atoms with Crippen LogP contribution in [-0.4, -0.2) is 31.6 Å². The Morgan fingerprint density at radius 2 is 1.54 bits per heavy atom. The molecule has 0 spiro atoms. The van der Waals surface area contributed by atoms with Crippen LogP contribution >= 0.6 is 0 Å². The molecule has 2 amide bonds. The van der Waals surface area contributed by atoms with Crippen molar-refractivity contribution in [2.24, 2.45) is 0 Å². The normalized spacial score (nSPS) is 10.9. The number of hydrazine groups is 1. The van der Waals surface area contributed by atoms with Crippen LogP contribution in [0, 0.1) is 0 Å². The van der Waals surface area contributed by atoms with E-state index in [2.05, 4.69) is 10.9 Å². The van der Waals surface area contributed by atoms with Crippen molar-refractivity contribution in [3.05, 3.63) is 65.2 Å². The number of aliphatic hydroxyl groups is 1. The SMILES string of the molecule is CS(=O)(=O)c1cccc(C(=O)NNC(=O)c2ccc(CO)cc2)c1. The molecular weight excluding hydrogens is 332 g/mol. The van der Waals surface area contributed by atoms with Gasteiger partial charge in [0.05, 0.1) is 11.5 Å². The summed E-state index contributed by atoms with van der Waals surface area (Å²) < 4.78 is 23.0. The predicted octanol–water partition coefficient (Wildman–Crippen LogP) is 0.657. The standard InChI is InChI=1S/C16H16N2O5S/c1-24(22,23)14-4-2-3-13(9-14)16(21)18-17-15(20)12-7-5-11(10-19)6-8-12/h2-9,19H,10H2,1H3,(H,17,20)(H,18,21). The summed E-state index contributed by atoms with van der Waals surface area (Å²) in [7, 11) is -3.43. The van der Waals surface area contributed by atoms with Crippen molar-refractivity contribution in [3.63, 3.8) is 0 Å². The molecule has 24 heavy (non-hydrogen) atoms. The van der Waals surface area contributed by atoms with Gasteiger partial charge in [-0.1, -0.05) is 18.2 Å². The second-order valence-electron chi connectivity index (χ2n) is 5.06. The van der Waals surface area contributed by atoms with Crippen molar-refractivity contribution < 1.29 is 23.1 Å². The minimum atomic E-state index is -3.43. The number of carbonyl (C=O) groups excluding carboxylic acids is 2. The molecular formula is C16H16N2O5S. The summed E-state index contributed by atoms with van der Waals surface area (Å²) in [6.07, 6.45) is 1.04. The van der Waals surface area contributed by atoms with Crippen LogP contribution in [0.2, 0.25) is 0 Å². The van der Waals surface area contributed by atoms with Crippen molar-refractivity contribution in [1.82, 2.24) is 10.9 Å². The van der Waals surface area contributed by atoms with Crippen LogP contribution in [0.5, 0.6) is 0 Å². The summed E-state index contributed by atoms with van der Waals surface area (Å²) in [5.41, 5.74) is 5.53. The van der Waals surface area contributed by atoms with E-state index in [0.717, 1.165) is 6.26 Å². The molecule has 0 radical (unpaired) electrons. The molecule has 2 aromatic rings. The summed E-state index contributed by atoms with van der Waals surface area (Å²) in [6.45, 7) is -0.130. The number of aliphatic hydroxyl groups excluding tert-OH is 1. The van der Waals surface area contributed by atoms with Gasteiger partial charge in [-0.15, -0.1) is 0 Å². The third kappa shape index (κ3) is 4.40. The summed E-state index contributed by atoms with van der Waals surface area (Å²) >= 11 is 0. The largest absolute Gasteiger partial charge is 0.392 e. The molecule has 3 N–H and O–H groups in total. The first-order valence-electron chi connectivity index (χ1n) is 6.92. The molecule has 0 bridgehead atoms. The van der Waals surface area contributed by atoms with Crippen LogP contribution in [0.3, 0.4) is 0 Å². The van der Waals surface area contributed by atoms with E-state index in [0.29, 0.717) is 11.1 Å². The van der Waals surface area contributed by atoms with Crippen LogP contribution in [-0.2, 0) is 16.4 Å². The maximum atomic E-state index is 12.0. The molecule has 0 atom stereocenters. The van der Waals surface area contributed by atoms with Gasteiger partial charge in [0.15, 0.2) is 9.84 Å². The molecule has 0 saturated heterocycles. The van der Waals surface area contributed by atoms with Gasteiger partial charge >= 0.3 is 0 Å². The topological polar surface area (TPSA) is 113 Å². The Bertz CT molecular complexity index is 860. The van der Waals surface area contributed by atoms with Crippen LogP contribution < -0.4 is 10.9 Å². The minimum Gasteiger partial charge on any atom is -0.392 e. The van der Waals surface area contributed by atoms with E-state index in [1.807, 2.05) is 0 Å². The van der Waals surface area contributed by atoms with Gasteiger partial charge in [-0.05, 0) is 35.9 Å². The number of carbonyl (C=O) groups is 2. The zero-order chi connectivity index (χ0) is 17.7. The van der Waals surface area contributed by atoms with Crippen LogP contribution in [0.15, 0.2) is 53.4 Å². The van der Waals surface area contributed by atoms with Crippen LogP contribution in [0.25, 0.3) is 0 Å². The number of hydrogen-bond donors (Lipinski definition) is 3. The van der Waals surface area contributed by atoms with Gasteiger partial charge in [-0.25, -0.2) is 8.42 Å². The van der Waals surface area contributed by atoms with E-state index in [4.69, 9.17) is 5.11 Å². The van der Waals surface area contributed by atoms with E-state index in [9.17, 15) is 18.0 Å². The average Bonchev–Trinajstić information content (AvgIpc) is 2.58. The lowest BCUT2D eigenvalue weighted by Crippen LogP contribution is -2.41. The van der Waals surface area contributed by atoms with Crippen molar-refractivity contribution in [3.8, 4) is 0 Å². The molecule has 2 aromatic carbocycles. The highest BCUT2D eigenvalue weighted by molar-refractivity contribution is 7.90. The molecule has 0 aromatic heterocycles. The molecule has 0 aliphatic heterocycles. The lowest BCUT2D eigenvalue weighted by atomic mass is 10.1. The van der Waals surface area contributed by atoms with Gasteiger partial charge in [0.1, 0.15) is 0 Å². The Hall–Kier alpha value is -2.71. The zero-order valence-electron chi connectivity index (χ0n) is 12.8. The molecule has 0 fully saturated rings. The predicted molar refractivity (Wildman–Crippen MR) is 86.8 cm³/mol. The monoisotopic (exact) mass is 348 g/mol. The summed E-state index contributed by atoms with van der Waals surface area (Å²) in [6, 6.07) is 11.7. The van der Waals surface area contributed by atoms with Gasteiger partial charge < -0.3 is 5.11 Å². The number of rotatable bonds is 4. The maximum absolute atomic E-state index is 12.0. The fourth-order valence-electron chi connectivity index (χ4n) is 1.89. The number of hydrogen-bond acceptors (Lipinski definition) is 5. The van der Waals surface area contributed by atoms with Crippen LogP contribution in [0.4, 0.5) is 0 Å². The Balaban J connectivity index is 2.03. The van der Waals surface area contributed by atoms with Crippen molar-refractivity contribution in [1.29, 1.82) is 0 Å². The summed E-state index contributed by atoms with van der Waals surface area (Å²) in [4.78, 5) is 23.9. The molecule has 2 rings (SSSR count). The lowest BCUT2D eigenvalue weighted by Gasteiger charge is -2.08. The first-order valence-corrected chi connectivity index (χ1v) is 8.81. The summed E-state index contributed by atoms with van der Waals surface area (Å²) in [5, 5.41) is 8.95. The molecule has 7 nitrogen and oxygen atoms in total. The third-order valence-electron chi connectivity index (χ3n) is 3.21. The van der Waals surface area contributed by atoms with E-state index in [-0.39, 0.29) is 17.1 Å². The lowest BCUT2D eigenvalue weighted by molar-refractivity contribution is 0.0846. The van der Waals surface area contributed by atoms with E-state index in [1.54, 1.807) is 12.1 Å². The summed E-state index contributed by atoms with van der Waals surface area (Å²) in [5.74, 6) is -1.17. The highest BCUT2D eigenvalue weighted by atomic mass is 32.2. The highest BCUT2D eigenvalue weighted by Gasteiger charge is 2.13. The number of sulfone groups is 1. The Labute approximate surface area is 139 Å². The van der Waals surface area contributed by atoms with Crippen molar-refractivity contribution >= 4 is 21.7 Å². The number of amides is 2. The third-order valence-corrected chi connectivity index (χ3v) is 4.32. The van der Waals surface area contributed by atoms with Crippen LogP contribution in [0.1, 0.15) is 26.3 Å². The highest BCUT2D eigenvalue weighted by Crippen LogP contribution is 2.11. The molecule has 0 saturated carbocycles. The molecule has 0 unspecified atom stereocenters. The molecule has 0 aliphatic carbocycles. The van der Waals surface area contributed by atoms with Gasteiger partial charge in [0.25, 0.3) is 11.8 Å². The molecule has 126 valence electrons. The van der Waals surface area contributed by atoms with E-state index < -0.39 is 21.7 Å². The van der Waals surface area contributed by atoms with Gasteiger partial charge in [0, 0.05) is 17.4 Å². The zero-order valence-corrected chi connectivity index (χ0v) is 13.6. The van der Waals surface area contributed by atoms with Crippen molar-refractivity contribution in [2.75, 3.05) is 6.26 Å².